The van der Waals surface area contributed by atoms with Crippen molar-refractivity contribution in [3.05, 3.63) is 86.5 Å². The summed E-state index contributed by atoms with van der Waals surface area (Å²) in [6.45, 7) is 2.65. The number of benzene rings is 2. The quantitative estimate of drug-likeness (QED) is 0.417. The summed E-state index contributed by atoms with van der Waals surface area (Å²) in [4.78, 5) is 30.1. The summed E-state index contributed by atoms with van der Waals surface area (Å²) >= 11 is 0. The number of esters is 1. The van der Waals surface area contributed by atoms with Crippen molar-refractivity contribution in [2.45, 2.75) is 37.5 Å². The van der Waals surface area contributed by atoms with Gasteiger partial charge in [-0.05, 0) is 75.3 Å². The Hall–Kier alpha value is -4.41. The predicted octanol–water partition coefficient (Wildman–Crippen LogP) is 3.91. The first-order chi connectivity index (χ1) is 19.9. The van der Waals surface area contributed by atoms with Gasteiger partial charge in [0.15, 0.2) is 0 Å². The van der Waals surface area contributed by atoms with Crippen LogP contribution in [0.15, 0.2) is 58.5 Å². The third-order valence-electron chi connectivity index (χ3n) is 8.10. The number of aryl methyl sites for hydroxylation is 1. The van der Waals surface area contributed by atoms with Crippen molar-refractivity contribution in [2.24, 2.45) is 0 Å². The molecule has 0 bridgehead atoms. The van der Waals surface area contributed by atoms with E-state index in [4.69, 9.17) is 9.47 Å². The number of fused-ring (bicyclic) bond motifs is 1. The van der Waals surface area contributed by atoms with Crippen LogP contribution >= 0.6 is 0 Å². The fraction of sp³-hybridized carbons (Fsp3) is 0.379. The molecule has 0 spiro atoms. The molecule has 2 aliphatic heterocycles. The number of ether oxygens (including phenoxy) is 2. The van der Waals surface area contributed by atoms with Crippen LogP contribution in [-0.2, 0) is 26.9 Å². The highest BCUT2D eigenvalue weighted by atomic mass is 19.4. The molecule has 5 rings (SSSR count). The number of aromatic nitrogens is 3. The smallest absolute Gasteiger partial charge is 0.416 e. The number of hydrogen-bond donors (Lipinski definition) is 1. The van der Waals surface area contributed by atoms with E-state index in [2.05, 4.69) is 21.2 Å². The Morgan fingerprint density at radius 1 is 1.26 bits per heavy atom. The first-order valence-electron chi connectivity index (χ1n) is 13.1. The van der Waals surface area contributed by atoms with Crippen molar-refractivity contribution in [3.63, 3.8) is 0 Å². The summed E-state index contributed by atoms with van der Waals surface area (Å²) < 4.78 is 52.7. The van der Waals surface area contributed by atoms with E-state index in [1.807, 2.05) is 14.1 Å². The van der Waals surface area contributed by atoms with E-state index in [-0.39, 0.29) is 28.4 Å². The topological polar surface area (TPSA) is 116 Å². The zero-order valence-corrected chi connectivity index (χ0v) is 23.5. The number of methoxy groups -OCH3 is 1. The van der Waals surface area contributed by atoms with Crippen molar-refractivity contribution in [2.75, 3.05) is 39.3 Å². The highest BCUT2D eigenvalue weighted by molar-refractivity contribution is 5.93. The summed E-state index contributed by atoms with van der Waals surface area (Å²) in [5.74, 6) is -0.761. The minimum Gasteiger partial charge on any atom is -0.466 e. The lowest BCUT2D eigenvalue weighted by Gasteiger charge is -2.47. The molecular weight excluding hydrogens is 553 g/mol. The Morgan fingerprint density at radius 2 is 2.00 bits per heavy atom. The van der Waals surface area contributed by atoms with Gasteiger partial charge in [0.2, 0.25) is 5.95 Å². The molecule has 2 aromatic carbocycles. The second-order valence-corrected chi connectivity index (χ2v) is 10.6. The number of anilines is 2. The van der Waals surface area contributed by atoms with Crippen LogP contribution in [0.1, 0.15) is 41.6 Å². The van der Waals surface area contributed by atoms with Gasteiger partial charge in [-0.25, -0.2) is 19.3 Å². The fourth-order valence-corrected chi connectivity index (χ4v) is 5.57. The maximum Gasteiger partial charge on any atom is 0.416 e. The van der Waals surface area contributed by atoms with E-state index in [1.54, 1.807) is 25.1 Å². The Kier molecular flexibility index (Phi) is 7.46. The van der Waals surface area contributed by atoms with Gasteiger partial charge < -0.3 is 9.47 Å². The van der Waals surface area contributed by atoms with Gasteiger partial charge in [0.05, 0.1) is 48.6 Å². The zero-order chi connectivity index (χ0) is 30.4. The second-order valence-electron chi connectivity index (χ2n) is 10.6. The van der Waals surface area contributed by atoms with Crippen LogP contribution in [0.3, 0.4) is 0 Å². The number of halogens is 3. The summed E-state index contributed by atoms with van der Waals surface area (Å²) in [5.41, 5.74) is 0.262. The van der Waals surface area contributed by atoms with E-state index in [1.165, 1.54) is 28.7 Å². The van der Waals surface area contributed by atoms with Gasteiger partial charge in [-0.1, -0.05) is 12.1 Å². The first-order valence-corrected chi connectivity index (χ1v) is 13.1. The molecule has 3 heterocycles. The van der Waals surface area contributed by atoms with Crippen molar-refractivity contribution >= 4 is 17.6 Å². The molecule has 0 aliphatic carbocycles. The fourth-order valence-electron chi connectivity index (χ4n) is 5.57. The lowest BCUT2D eigenvalue weighted by atomic mass is 9.84. The van der Waals surface area contributed by atoms with Crippen molar-refractivity contribution in [1.29, 1.82) is 5.26 Å². The van der Waals surface area contributed by atoms with Gasteiger partial charge in [0.25, 0.3) is 0 Å². The molecule has 1 aromatic heterocycles. The molecule has 3 aromatic rings. The first kappa shape index (κ1) is 29.1. The number of hydrogen-bond acceptors (Lipinski definition) is 8. The van der Waals surface area contributed by atoms with Crippen LogP contribution in [0, 0.1) is 11.3 Å². The van der Waals surface area contributed by atoms with Crippen molar-refractivity contribution in [1.82, 2.24) is 19.7 Å². The van der Waals surface area contributed by atoms with Gasteiger partial charge in [-0.3, -0.25) is 9.80 Å². The number of aromatic amines is 1. The Morgan fingerprint density at radius 3 is 2.60 bits per heavy atom. The van der Waals surface area contributed by atoms with Crippen LogP contribution in [0.5, 0.6) is 0 Å². The number of H-pyrrole nitrogens is 1. The minimum atomic E-state index is -4.62. The number of allylic oxidation sites excluding steroid dienone is 1. The van der Waals surface area contributed by atoms with E-state index in [9.17, 15) is 28.0 Å². The van der Waals surface area contributed by atoms with Crippen LogP contribution in [-0.4, -0.2) is 65.6 Å². The Labute approximate surface area is 239 Å². The number of likely N-dealkylation sites (N-methyl/N-ethyl adjacent to an activating group) is 1. The summed E-state index contributed by atoms with van der Waals surface area (Å²) in [7, 11) is 5.13. The minimum absolute atomic E-state index is 0.00180. The SMILES string of the molecule is COC(=O)C1=C(C)N(c2cccc(C(F)(F)F)c2)c2n[nH]c(=O)n2[C@@H]1c1ccc(C#N)cc1CCC1(N(C)C)COC1. The van der Waals surface area contributed by atoms with Crippen molar-refractivity contribution in [3.8, 4) is 6.07 Å². The van der Waals surface area contributed by atoms with Gasteiger partial charge in [-0.15, -0.1) is 5.10 Å². The molecule has 2 aliphatic rings. The molecule has 0 saturated carbocycles. The average Bonchev–Trinajstić information content (AvgIpc) is 3.31. The summed E-state index contributed by atoms with van der Waals surface area (Å²) in [6.07, 6.45) is -3.45. The Balaban J connectivity index is 1.70. The normalized spacial score (nSPS) is 18.0. The van der Waals surface area contributed by atoms with Gasteiger partial charge >= 0.3 is 17.8 Å². The molecule has 1 saturated heterocycles. The number of nitrogens with one attached hydrogen (secondary N) is 1. The second kappa shape index (κ2) is 10.8. The molecule has 13 heteroatoms. The lowest BCUT2D eigenvalue weighted by molar-refractivity contribution is -0.138. The molecule has 220 valence electrons. The molecule has 0 amide bonds. The van der Waals surface area contributed by atoms with E-state index < -0.39 is 29.4 Å². The molecule has 1 N–H and O–H groups in total. The zero-order valence-electron chi connectivity index (χ0n) is 23.5. The molecule has 42 heavy (non-hydrogen) atoms. The highest BCUT2D eigenvalue weighted by Gasteiger charge is 2.43. The molecule has 0 radical (unpaired) electrons. The van der Waals surface area contributed by atoms with Crippen LogP contribution < -0.4 is 10.6 Å². The number of carbonyl (C=O) groups excluding carboxylic acids is 1. The molecule has 0 unspecified atom stereocenters. The summed E-state index contributed by atoms with van der Waals surface area (Å²) in [5, 5.41) is 16.2. The van der Waals surface area contributed by atoms with E-state index in [0.717, 1.165) is 17.7 Å². The highest BCUT2D eigenvalue weighted by Crippen LogP contribution is 2.44. The largest absolute Gasteiger partial charge is 0.466 e. The van der Waals surface area contributed by atoms with Crippen LogP contribution in [0.4, 0.5) is 24.8 Å². The third kappa shape index (κ3) is 4.86. The molecular formula is C29H29F3N6O4. The average molecular weight is 583 g/mol. The van der Waals surface area contributed by atoms with Crippen LogP contribution in [0.25, 0.3) is 0 Å². The number of alkyl halides is 3. The number of nitriles is 1. The standard InChI is InChI=1S/C29H29F3N6O4/c1-17-23(25(39)41-4)24(22-9-8-18(14-33)12-19(22)10-11-28(36(2)3)15-42-16-28)38-26(34-35-27(38)40)37(17)21-7-5-6-20(13-21)29(30,31)32/h5-9,12-13,24H,10-11,15-16H2,1-4H3,(H,35,40)/t24-/m1/s1. The Bertz CT molecular complexity index is 1660. The molecule has 1 fully saturated rings. The van der Waals surface area contributed by atoms with Crippen LogP contribution in [0.2, 0.25) is 0 Å². The molecule has 1 atom stereocenters. The number of rotatable bonds is 7. The monoisotopic (exact) mass is 582 g/mol. The third-order valence-corrected chi connectivity index (χ3v) is 8.10. The lowest BCUT2D eigenvalue weighted by Crippen LogP contribution is -2.59. The maximum atomic E-state index is 13.6. The molecule has 10 nitrogen and oxygen atoms in total. The summed E-state index contributed by atoms with van der Waals surface area (Å²) in [6, 6.07) is 10.7. The van der Waals surface area contributed by atoms with Crippen molar-refractivity contribution < 1.29 is 27.4 Å². The predicted molar refractivity (Wildman–Crippen MR) is 146 cm³/mol. The number of carbonyl (C=O) groups is 1. The maximum absolute atomic E-state index is 13.6. The van der Waals surface area contributed by atoms with Gasteiger partial charge in [0.1, 0.15) is 6.04 Å². The number of nitrogens with zero attached hydrogens (tertiary/aromatic N) is 5. The van der Waals surface area contributed by atoms with E-state index >= 15 is 0 Å². The van der Waals surface area contributed by atoms with Gasteiger partial charge in [0, 0.05) is 11.4 Å². The van der Waals surface area contributed by atoms with Gasteiger partial charge in [-0.2, -0.15) is 18.4 Å². The van der Waals surface area contributed by atoms with E-state index in [0.29, 0.717) is 37.2 Å².